The maximum atomic E-state index is 12.0. The summed E-state index contributed by atoms with van der Waals surface area (Å²) < 4.78 is 0. The Morgan fingerprint density at radius 1 is 1.26 bits per heavy atom. The molecule has 1 aliphatic heterocycles. The zero-order chi connectivity index (χ0) is 16.7. The highest BCUT2D eigenvalue weighted by atomic mass is 32.2. The Labute approximate surface area is 143 Å². The minimum atomic E-state index is -0.0767. The van der Waals surface area contributed by atoms with Crippen molar-refractivity contribution in [3.8, 4) is 0 Å². The summed E-state index contributed by atoms with van der Waals surface area (Å²) in [6, 6.07) is 10.6. The van der Waals surface area contributed by atoms with E-state index in [1.165, 1.54) is 4.90 Å². The zero-order valence-corrected chi connectivity index (χ0v) is 15.1. The number of thioether (sulfide) groups is 1. The molecule has 23 heavy (non-hydrogen) atoms. The summed E-state index contributed by atoms with van der Waals surface area (Å²) in [6.07, 6.45) is 0. The van der Waals surface area contributed by atoms with Gasteiger partial charge in [0.25, 0.3) is 0 Å². The first-order chi connectivity index (χ1) is 11.0. The van der Waals surface area contributed by atoms with Crippen LogP contribution in [0.3, 0.4) is 0 Å². The van der Waals surface area contributed by atoms with Gasteiger partial charge in [-0.15, -0.1) is 11.8 Å². The molecule has 0 radical (unpaired) electrons. The van der Waals surface area contributed by atoms with E-state index in [1.54, 1.807) is 11.8 Å². The van der Waals surface area contributed by atoms with Gasteiger partial charge in [0.1, 0.15) is 0 Å². The smallest absolute Gasteiger partial charge is 0.314 e. The second kappa shape index (κ2) is 9.15. The highest BCUT2D eigenvalue weighted by Crippen LogP contribution is 2.21. The Morgan fingerprint density at radius 2 is 2.00 bits per heavy atom. The molecule has 128 valence electrons. The average molecular weight is 337 g/mol. The molecule has 1 fully saturated rings. The molecular weight excluding hydrogens is 308 g/mol. The van der Waals surface area contributed by atoms with Crippen LogP contribution in [0.25, 0.3) is 0 Å². The van der Waals surface area contributed by atoms with Gasteiger partial charge in [0, 0.05) is 48.9 Å². The van der Waals surface area contributed by atoms with Crippen LogP contribution in [0.4, 0.5) is 4.79 Å². The predicted octanol–water partition coefficient (Wildman–Crippen LogP) is 1.71. The number of nitrogens with one attached hydrogen (secondary N) is 2. The van der Waals surface area contributed by atoms with E-state index in [0.717, 1.165) is 19.6 Å². The van der Waals surface area contributed by atoms with Crippen molar-refractivity contribution < 1.29 is 4.79 Å². The molecule has 2 rings (SSSR count). The molecule has 0 spiro atoms. The van der Waals surface area contributed by atoms with E-state index in [4.69, 9.17) is 0 Å². The van der Waals surface area contributed by atoms with Crippen molar-refractivity contribution in [3.05, 3.63) is 30.3 Å². The molecule has 0 saturated carbocycles. The van der Waals surface area contributed by atoms with E-state index in [9.17, 15) is 4.79 Å². The van der Waals surface area contributed by atoms with Crippen LogP contribution in [0.2, 0.25) is 0 Å². The van der Waals surface area contributed by atoms with Crippen LogP contribution in [0.5, 0.6) is 0 Å². The maximum absolute atomic E-state index is 12.0. The van der Waals surface area contributed by atoms with Crippen LogP contribution in [0, 0.1) is 0 Å². The molecule has 0 bridgehead atoms. The first-order valence-corrected chi connectivity index (χ1v) is 9.04. The molecule has 1 aromatic carbocycles. The van der Waals surface area contributed by atoms with Crippen LogP contribution in [0.1, 0.15) is 6.92 Å². The minimum absolute atomic E-state index is 0.0767. The van der Waals surface area contributed by atoms with Crippen molar-refractivity contribution in [3.63, 3.8) is 0 Å². The van der Waals surface area contributed by atoms with Gasteiger partial charge in [-0.3, -0.25) is 4.90 Å². The molecule has 1 aliphatic rings. The van der Waals surface area contributed by atoms with Gasteiger partial charge in [0.2, 0.25) is 0 Å². The Bertz CT molecular complexity index is 485. The molecule has 2 N–H and O–H groups in total. The molecule has 1 aromatic rings. The number of carbonyl (C=O) groups is 1. The fourth-order valence-electron chi connectivity index (χ4n) is 2.60. The van der Waals surface area contributed by atoms with Gasteiger partial charge in [-0.25, -0.2) is 4.79 Å². The second-order valence-corrected chi connectivity index (χ2v) is 7.74. The number of rotatable bonds is 6. The van der Waals surface area contributed by atoms with Crippen molar-refractivity contribution in [2.24, 2.45) is 0 Å². The number of urea groups is 1. The Hall–Kier alpha value is -1.24. The number of piperazine rings is 1. The first kappa shape index (κ1) is 18.1. The lowest BCUT2D eigenvalue weighted by molar-refractivity contribution is 0.114. The quantitative estimate of drug-likeness (QED) is 0.777. The Morgan fingerprint density at radius 3 is 2.74 bits per heavy atom. The molecule has 0 unspecified atom stereocenters. The van der Waals surface area contributed by atoms with Gasteiger partial charge in [-0.1, -0.05) is 25.1 Å². The van der Waals surface area contributed by atoms with Crippen molar-refractivity contribution in [2.75, 3.05) is 46.8 Å². The summed E-state index contributed by atoms with van der Waals surface area (Å²) in [6.45, 7) is 6.61. The predicted molar refractivity (Wildman–Crippen MR) is 97.1 cm³/mol. The van der Waals surface area contributed by atoms with E-state index < -0.39 is 0 Å². The van der Waals surface area contributed by atoms with E-state index in [-0.39, 0.29) is 6.03 Å². The molecule has 0 aliphatic carbocycles. The van der Waals surface area contributed by atoms with Crippen LogP contribution in [-0.4, -0.2) is 73.9 Å². The molecule has 1 saturated heterocycles. The zero-order valence-electron chi connectivity index (χ0n) is 14.3. The number of benzene rings is 1. The van der Waals surface area contributed by atoms with Crippen molar-refractivity contribution in [2.45, 2.75) is 23.1 Å². The SMILES string of the molecule is C[C@@H](CNC(=O)NC[C@@H]1CN(C)CCN1C)Sc1ccccc1. The van der Waals surface area contributed by atoms with Gasteiger partial charge in [0.15, 0.2) is 0 Å². The molecule has 0 aromatic heterocycles. The van der Waals surface area contributed by atoms with Crippen LogP contribution in [0.15, 0.2) is 35.2 Å². The molecule has 2 amide bonds. The van der Waals surface area contributed by atoms with Gasteiger partial charge in [-0.05, 0) is 26.2 Å². The second-order valence-electron chi connectivity index (χ2n) is 6.23. The Kier molecular flexibility index (Phi) is 7.20. The van der Waals surface area contributed by atoms with Crippen LogP contribution in [-0.2, 0) is 0 Å². The lowest BCUT2D eigenvalue weighted by Crippen LogP contribution is -2.55. The summed E-state index contributed by atoms with van der Waals surface area (Å²) in [5.41, 5.74) is 0. The largest absolute Gasteiger partial charge is 0.337 e. The summed E-state index contributed by atoms with van der Waals surface area (Å²) in [7, 11) is 4.25. The minimum Gasteiger partial charge on any atom is -0.337 e. The molecular formula is C17H28N4OS. The summed E-state index contributed by atoms with van der Waals surface area (Å²) in [5, 5.41) is 6.30. The first-order valence-electron chi connectivity index (χ1n) is 8.17. The lowest BCUT2D eigenvalue weighted by Gasteiger charge is -2.37. The highest BCUT2D eigenvalue weighted by Gasteiger charge is 2.22. The normalized spacial score (nSPS) is 20.9. The number of carbonyl (C=O) groups excluding carboxylic acids is 1. The number of amides is 2. The monoisotopic (exact) mass is 336 g/mol. The van der Waals surface area contributed by atoms with Gasteiger partial charge < -0.3 is 15.5 Å². The van der Waals surface area contributed by atoms with Crippen molar-refractivity contribution in [1.82, 2.24) is 20.4 Å². The van der Waals surface area contributed by atoms with Crippen LogP contribution >= 0.6 is 11.8 Å². The van der Waals surface area contributed by atoms with E-state index >= 15 is 0 Å². The molecule has 6 heteroatoms. The third-order valence-corrected chi connectivity index (χ3v) is 5.22. The maximum Gasteiger partial charge on any atom is 0.314 e. The average Bonchev–Trinajstić information content (AvgIpc) is 2.54. The van der Waals surface area contributed by atoms with Gasteiger partial charge >= 0.3 is 6.03 Å². The Balaban J connectivity index is 1.64. The number of hydrogen-bond donors (Lipinski definition) is 2. The number of nitrogens with zero attached hydrogens (tertiary/aromatic N) is 2. The standard InChI is InChI=1S/C17H28N4OS/c1-14(23-16-7-5-4-6-8-16)11-18-17(22)19-12-15-13-20(2)9-10-21(15)3/h4-8,14-15H,9-13H2,1-3H3,(H2,18,19,22)/t14-,15+/m0/s1. The van der Waals surface area contributed by atoms with Crippen molar-refractivity contribution in [1.29, 1.82) is 0 Å². The van der Waals surface area contributed by atoms with E-state index in [1.807, 2.05) is 18.2 Å². The highest BCUT2D eigenvalue weighted by molar-refractivity contribution is 8.00. The van der Waals surface area contributed by atoms with Crippen LogP contribution < -0.4 is 10.6 Å². The number of hydrogen-bond acceptors (Lipinski definition) is 4. The summed E-state index contributed by atoms with van der Waals surface area (Å²) in [5.74, 6) is 0. The van der Waals surface area contributed by atoms with Crippen molar-refractivity contribution >= 4 is 17.8 Å². The topological polar surface area (TPSA) is 47.6 Å². The van der Waals surface area contributed by atoms with Gasteiger partial charge in [0.05, 0.1) is 0 Å². The fourth-order valence-corrected chi connectivity index (χ4v) is 3.55. The lowest BCUT2D eigenvalue weighted by atomic mass is 10.2. The molecule has 2 atom stereocenters. The summed E-state index contributed by atoms with van der Waals surface area (Å²) in [4.78, 5) is 17.8. The number of likely N-dealkylation sites (N-methyl/N-ethyl adjacent to an activating group) is 2. The summed E-state index contributed by atoms with van der Waals surface area (Å²) >= 11 is 1.77. The van der Waals surface area contributed by atoms with Gasteiger partial charge in [-0.2, -0.15) is 0 Å². The van der Waals surface area contributed by atoms with E-state index in [2.05, 4.69) is 53.6 Å². The third kappa shape index (κ3) is 6.41. The van der Waals surface area contributed by atoms with E-state index in [0.29, 0.717) is 24.4 Å². The molecule has 5 nitrogen and oxygen atoms in total. The molecule has 1 heterocycles. The fraction of sp³-hybridized carbons (Fsp3) is 0.588. The third-order valence-electron chi connectivity index (χ3n) is 4.11.